The van der Waals surface area contributed by atoms with Gasteiger partial charge in [-0.3, -0.25) is 4.79 Å². The van der Waals surface area contributed by atoms with Gasteiger partial charge in [-0.1, -0.05) is 13.8 Å². The van der Waals surface area contributed by atoms with Gasteiger partial charge in [0.05, 0.1) is 6.04 Å². The molecule has 0 rings (SSSR count). The highest BCUT2D eigenvalue weighted by atomic mass is 35.5. The number of nitrogens with zero attached hydrogens (tertiary/aromatic N) is 1. The van der Waals surface area contributed by atoms with Crippen LogP contribution in [0.25, 0.3) is 0 Å². The fourth-order valence-electron chi connectivity index (χ4n) is 1.16. The van der Waals surface area contributed by atoms with E-state index in [9.17, 15) is 4.79 Å². The Morgan fingerprint density at radius 3 is 1.92 bits per heavy atom. The van der Waals surface area contributed by atoms with Crippen molar-refractivity contribution >= 4 is 18.3 Å². The van der Waals surface area contributed by atoms with Crippen molar-refractivity contribution in [1.82, 2.24) is 4.90 Å². The Balaban J connectivity index is 0. The molecule has 1 amide bonds. The average Bonchev–Trinajstić information content (AvgIpc) is 2.03. The van der Waals surface area contributed by atoms with Gasteiger partial charge in [0, 0.05) is 13.1 Å². The lowest BCUT2D eigenvalue weighted by molar-refractivity contribution is -0.132. The molecule has 0 fully saturated rings. The third-order valence-electron chi connectivity index (χ3n) is 1.69. The molecule has 1 atom stereocenters. The predicted octanol–water partition coefficient (Wildman–Crippen LogP) is 1.40. The second kappa shape index (κ2) is 8.32. The van der Waals surface area contributed by atoms with Crippen LogP contribution in [0.3, 0.4) is 0 Å². The second-order valence-electron chi connectivity index (χ2n) is 3.11. The minimum absolute atomic E-state index is 0. The number of halogens is 1. The zero-order chi connectivity index (χ0) is 9.56. The molecule has 4 heteroatoms. The van der Waals surface area contributed by atoms with Crippen LogP contribution >= 0.6 is 12.4 Å². The summed E-state index contributed by atoms with van der Waals surface area (Å²) in [7, 11) is 0. The van der Waals surface area contributed by atoms with Crippen molar-refractivity contribution in [2.45, 2.75) is 39.7 Å². The molecule has 13 heavy (non-hydrogen) atoms. The lowest BCUT2D eigenvalue weighted by Crippen LogP contribution is -2.42. The Labute approximate surface area is 87.1 Å². The first-order chi connectivity index (χ1) is 5.63. The smallest absolute Gasteiger partial charge is 0.239 e. The lowest BCUT2D eigenvalue weighted by Gasteiger charge is -2.23. The molecular weight excluding hydrogens is 188 g/mol. The maximum absolute atomic E-state index is 11.4. The molecule has 0 saturated carbocycles. The largest absolute Gasteiger partial charge is 0.341 e. The molecule has 0 aliphatic carbocycles. The van der Waals surface area contributed by atoms with Gasteiger partial charge in [-0.05, 0) is 19.8 Å². The maximum atomic E-state index is 11.4. The molecule has 0 radical (unpaired) electrons. The van der Waals surface area contributed by atoms with E-state index < -0.39 is 0 Å². The second-order valence-corrected chi connectivity index (χ2v) is 3.11. The average molecular weight is 209 g/mol. The highest BCUT2D eigenvalue weighted by Crippen LogP contribution is 1.97. The molecule has 0 aromatic heterocycles. The molecule has 3 nitrogen and oxygen atoms in total. The summed E-state index contributed by atoms with van der Waals surface area (Å²) in [6.07, 6.45) is 2.00. The molecule has 1 unspecified atom stereocenters. The Morgan fingerprint density at radius 2 is 1.69 bits per heavy atom. The number of nitrogens with two attached hydrogens (primary N) is 1. The first-order valence-electron chi connectivity index (χ1n) is 4.67. The van der Waals surface area contributed by atoms with Gasteiger partial charge < -0.3 is 10.6 Å². The summed E-state index contributed by atoms with van der Waals surface area (Å²) >= 11 is 0. The molecule has 0 aromatic rings. The number of hydrogen-bond acceptors (Lipinski definition) is 2. The molecular formula is C9H21ClN2O. The third kappa shape index (κ3) is 5.88. The zero-order valence-electron chi connectivity index (χ0n) is 8.75. The van der Waals surface area contributed by atoms with Crippen LogP contribution in [0.15, 0.2) is 0 Å². The third-order valence-corrected chi connectivity index (χ3v) is 1.69. The SMILES string of the molecule is CCCN(CCC)C(=O)C(C)N.Cl. The first kappa shape index (κ1) is 15.2. The maximum Gasteiger partial charge on any atom is 0.239 e. The quantitative estimate of drug-likeness (QED) is 0.743. The highest BCUT2D eigenvalue weighted by molar-refractivity contribution is 5.85. The van der Waals surface area contributed by atoms with Crippen LogP contribution in [0.5, 0.6) is 0 Å². The zero-order valence-corrected chi connectivity index (χ0v) is 9.56. The van der Waals surface area contributed by atoms with Gasteiger partial charge in [0.1, 0.15) is 0 Å². The molecule has 0 spiro atoms. The number of amides is 1. The van der Waals surface area contributed by atoms with Crippen molar-refractivity contribution in [1.29, 1.82) is 0 Å². The topological polar surface area (TPSA) is 46.3 Å². The molecule has 2 N–H and O–H groups in total. The molecule has 0 aliphatic rings. The van der Waals surface area contributed by atoms with Crippen molar-refractivity contribution in [3.8, 4) is 0 Å². The van der Waals surface area contributed by atoms with Crippen LogP contribution in [0, 0.1) is 0 Å². The molecule has 0 heterocycles. The fraction of sp³-hybridized carbons (Fsp3) is 0.889. The normalized spacial score (nSPS) is 11.7. The van der Waals surface area contributed by atoms with Crippen molar-refractivity contribution < 1.29 is 4.79 Å². The summed E-state index contributed by atoms with van der Waals surface area (Å²) in [5.41, 5.74) is 5.51. The van der Waals surface area contributed by atoms with E-state index in [0.717, 1.165) is 25.9 Å². The van der Waals surface area contributed by atoms with Crippen molar-refractivity contribution in [2.24, 2.45) is 5.73 Å². The van der Waals surface area contributed by atoms with E-state index in [4.69, 9.17) is 5.73 Å². The van der Waals surface area contributed by atoms with Gasteiger partial charge in [-0.25, -0.2) is 0 Å². The number of rotatable bonds is 5. The standard InChI is InChI=1S/C9H20N2O.ClH/c1-4-6-11(7-5-2)9(12)8(3)10;/h8H,4-7,10H2,1-3H3;1H. The predicted molar refractivity (Wildman–Crippen MR) is 58.1 cm³/mol. The molecule has 0 aromatic carbocycles. The van der Waals surface area contributed by atoms with E-state index in [1.807, 2.05) is 4.90 Å². The van der Waals surface area contributed by atoms with E-state index in [2.05, 4.69) is 13.8 Å². The van der Waals surface area contributed by atoms with Crippen LogP contribution in [-0.2, 0) is 4.79 Å². The van der Waals surface area contributed by atoms with Crippen LogP contribution < -0.4 is 5.73 Å². The number of carbonyl (C=O) groups excluding carboxylic acids is 1. The fourth-order valence-corrected chi connectivity index (χ4v) is 1.16. The van der Waals surface area contributed by atoms with Gasteiger partial charge in [0.2, 0.25) is 5.91 Å². The Kier molecular flexibility index (Phi) is 9.74. The van der Waals surface area contributed by atoms with Crippen LogP contribution in [0.2, 0.25) is 0 Å². The highest BCUT2D eigenvalue weighted by Gasteiger charge is 2.14. The molecule has 0 aliphatic heterocycles. The van der Waals surface area contributed by atoms with Crippen LogP contribution in [-0.4, -0.2) is 29.9 Å². The van der Waals surface area contributed by atoms with Gasteiger partial charge in [-0.2, -0.15) is 0 Å². The Bertz CT molecular complexity index is 134. The first-order valence-corrected chi connectivity index (χ1v) is 4.67. The van der Waals surface area contributed by atoms with Gasteiger partial charge in [0.15, 0.2) is 0 Å². The van der Waals surface area contributed by atoms with E-state index in [-0.39, 0.29) is 24.4 Å². The van der Waals surface area contributed by atoms with Gasteiger partial charge >= 0.3 is 0 Å². The monoisotopic (exact) mass is 208 g/mol. The minimum Gasteiger partial charge on any atom is -0.341 e. The summed E-state index contributed by atoms with van der Waals surface area (Å²) in [6.45, 7) is 7.53. The molecule has 0 saturated heterocycles. The number of carbonyl (C=O) groups is 1. The summed E-state index contributed by atoms with van der Waals surface area (Å²) in [4.78, 5) is 13.3. The Hall–Kier alpha value is -0.280. The Morgan fingerprint density at radius 1 is 1.31 bits per heavy atom. The van der Waals surface area contributed by atoms with Crippen molar-refractivity contribution in [3.05, 3.63) is 0 Å². The van der Waals surface area contributed by atoms with Crippen molar-refractivity contribution in [3.63, 3.8) is 0 Å². The van der Waals surface area contributed by atoms with Crippen LogP contribution in [0.1, 0.15) is 33.6 Å². The molecule has 0 bridgehead atoms. The van der Waals surface area contributed by atoms with Gasteiger partial charge in [-0.15, -0.1) is 12.4 Å². The minimum atomic E-state index is -0.358. The van der Waals surface area contributed by atoms with Crippen molar-refractivity contribution in [2.75, 3.05) is 13.1 Å². The van der Waals surface area contributed by atoms with Crippen LogP contribution in [0.4, 0.5) is 0 Å². The summed E-state index contributed by atoms with van der Waals surface area (Å²) in [5, 5.41) is 0. The summed E-state index contributed by atoms with van der Waals surface area (Å²) in [6, 6.07) is -0.358. The van der Waals surface area contributed by atoms with E-state index in [1.54, 1.807) is 6.92 Å². The number of hydrogen-bond donors (Lipinski definition) is 1. The summed E-state index contributed by atoms with van der Waals surface area (Å²) in [5.74, 6) is 0.0682. The van der Waals surface area contributed by atoms with E-state index in [1.165, 1.54) is 0 Å². The van der Waals surface area contributed by atoms with Gasteiger partial charge in [0.25, 0.3) is 0 Å². The van der Waals surface area contributed by atoms with E-state index in [0.29, 0.717) is 0 Å². The lowest BCUT2D eigenvalue weighted by atomic mass is 10.2. The molecule has 80 valence electrons. The van der Waals surface area contributed by atoms with E-state index >= 15 is 0 Å². The summed E-state index contributed by atoms with van der Waals surface area (Å²) < 4.78 is 0.